The minimum Gasteiger partial charge on any atom is -0.511 e. The van der Waals surface area contributed by atoms with Gasteiger partial charge >= 0.3 is 5.97 Å². The summed E-state index contributed by atoms with van der Waals surface area (Å²) in [6.07, 6.45) is 1.62. The van der Waals surface area contributed by atoms with Gasteiger partial charge in [0.15, 0.2) is 5.78 Å². The number of ketones is 1. The Morgan fingerprint density at radius 2 is 2.19 bits per heavy atom. The quantitative estimate of drug-likeness (QED) is 0.276. The van der Waals surface area contributed by atoms with Crippen LogP contribution in [-0.2, 0) is 19.2 Å². The van der Waals surface area contributed by atoms with Crippen molar-refractivity contribution in [2.75, 3.05) is 13.7 Å². The number of hydrogen-bond acceptors (Lipinski definition) is 6. The van der Waals surface area contributed by atoms with E-state index >= 15 is 0 Å². The van der Waals surface area contributed by atoms with Gasteiger partial charge in [-0.2, -0.15) is 0 Å². The van der Waals surface area contributed by atoms with Gasteiger partial charge in [-0.1, -0.05) is 31.7 Å². The number of nitrogens with zero attached hydrogens (tertiary/aromatic N) is 1. The van der Waals surface area contributed by atoms with E-state index in [9.17, 15) is 14.7 Å². The van der Waals surface area contributed by atoms with Crippen molar-refractivity contribution in [2.24, 2.45) is 16.5 Å². The van der Waals surface area contributed by atoms with E-state index in [0.717, 1.165) is 0 Å². The Labute approximate surface area is 124 Å². The van der Waals surface area contributed by atoms with Crippen LogP contribution in [0, 0.1) is 11.3 Å². The lowest BCUT2D eigenvalue weighted by atomic mass is 9.68. The number of rotatable bonds is 5. The molecule has 0 aromatic rings. The monoisotopic (exact) mass is 295 g/mol. The highest BCUT2D eigenvalue weighted by atomic mass is 16.6. The van der Waals surface area contributed by atoms with Crippen molar-refractivity contribution in [3.8, 4) is 0 Å². The summed E-state index contributed by atoms with van der Waals surface area (Å²) in [4.78, 5) is 29.1. The van der Waals surface area contributed by atoms with Gasteiger partial charge in [0.05, 0.1) is 18.4 Å². The van der Waals surface area contributed by atoms with E-state index in [0.29, 0.717) is 0 Å². The first-order valence-corrected chi connectivity index (χ1v) is 6.58. The van der Waals surface area contributed by atoms with Crippen LogP contribution in [0.4, 0.5) is 0 Å². The second kappa shape index (κ2) is 6.56. The zero-order chi connectivity index (χ0) is 16.2. The summed E-state index contributed by atoms with van der Waals surface area (Å²) in [5.74, 6) is -2.07. The molecule has 0 heterocycles. The van der Waals surface area contributed by atoms with Gasteiger partial charge in [-0.15, -0.1) is 0 Å². The molecule has 1 aliphatic carbocycles. The minimum atomic E-state index is -0.903. The number of aliphatic hydroxyl groups is 1. The van der Waals surface area contributed by atoms with Crippen LogP contribution in [0.5, 0.6) is 0 Å². The SMILES string of the molecule is C=CCO/N=C(\C)C1=C(O)C(C(=O)OC)C(C)(C)CC1=O. The molecule has 0 saturated carbocycles. The van der Waals surface area contributed by atoms with E-state index in [1.54, 1.807) is 20.8 Å². The molecule has 116 valence electrons. The van der Waals surface area contributed by atoms with Gasteiger partial charge in [-0.3, -0.25) is 9.59 Å². The van der Waals surface area contributed by atoms with Crippen LogP contribution in [0.2, 0.25) is 0 Å². The summed E-state index contributed by atoms with van der Waals surface area (Å²) in [5, 5.41) is 14.1. The average molecular weight is 295 g/mol. The maximum absolute atomic E-state index is 12.2. The van der Waals surface area contributed by atoms with Crippen molar-refractivity contribution in [3.63, 3.8) is 0 Å². The summed E-state index contributed by atoms with van der Waals surface area (Å²) in [7, 11) is 1.25. The van der Waals surface area contributed by atoms with Gasteiger partial charge in [0.25, 0.3) is 0 Å². The Balaban J connectivity index is 3.27. The molecule has 1 aliphatic rings. The highest BCUT2D eigenvalue weighted by Crippen LogP contribution is 2.42. The first kappa shape index (κ1) is 16.9. The van der Waals surface area contributed by atoms with Crippen LogP contribution in [0.1, 0.15) is 27.2 Å². The second-order valence-electron chi connectivity index (χ2n) is 5.57. The topological polar surface area (TPSA) is 85.2 Å². The molecular formula is C15H21NO5. The molecule has 1 atom stereocenters. The van der Waals surface area contributed by atoms with Crippen LogP contribution in [0.3, 0.4) is 0 Å². The molecule has 0 spiro atoms. The maximum atomic E-state index is 12.2. The number of esters is 1. The van der Waals surface area contributed by atoms with Gasteiger partial charge < -0.3 is 14.7 Å². The molecule has 0 aliphatic heterocycles. The van der Waals surface area contributed by atoms with Crippen molar-refractivity contribution in [1.29, 1.82) is 0 Å². The van der Waals surface area contributed by atoms with Crippen molar-refractivity contribution in [1.82, 2.24) is 0 Å². The van der Waals surface area contributed by atoms with E-state index in [2.05, 4.69) is 11.7 Å². The maximum Gasteiger partial charge on any atom is 0.316 e. The van der Waals surface area contributed by atoms with E-state index in [1.807, 2.05) is 0 Å². The molecule has 21 heavy (non-hydrogen) atoms. The molecule has 6 nitrogen and oxygen atoms in total. The van der Waals surface area contributed by atoms with Crippen molar-refractivity contribution in [3.05, 3.63) is 24.0 Å². The lowest BCUT2D eigenvalue weighted by Crippen LogP contribution is -2.41. The van der Waals surface area contributed by atoms with Crippen LogP contribution < -0.4 is 0 Å². The number of allylic oxidation sites excluding steroid dienone is 1. The van der Waals surface area contributed by atoms with Gasteiger partial charge in [0.2, 0.25) is 0 Å². The normalized spacial score (nSPS) is 22.0. The molecule has 1 unspecified atom stereocenters. The van der Waals surface area contributed by atoms with Crippen LogP contribution in [-0.4, -0.2) is 36.3 Å². The van der Waals surface area contributed by atoms with Crippen molar-refractivity contribution >= 4 is 17.5 Å². The lowest BCUT2D eigenvalue weighted by Gasteiger charge is -2.36. The summed E-state index contributed by atoms with van der Waals surface area (Å²) >= 11 is 0. The fraction of sp³-hybridized carbons (Fsp3) is 0.533. The Morgan fingerprint density at radius 1 is 1.57 bits per heavy atom. The number of Topliss-reactive ketones (excluding diaryl/α,β-unsaturated/α-hetero) is 1. The van der Waals surface area contributed by atoms with Gasteiger partial charge in [0, 0.05) is 6.42 Å². The number of ether oxygens (including phenoxy) is 1. The van der Waals surface area contributed by atoms with Gasteiger partial charge in [0.1, 0.15) is 18.3 Å². The Bertz CT molecular complexity index is 516. The van der Waals surface area contributed by atoms with E-state index in [1.165, 1.54) is 13.2 Å². The van der Waals surface area contributed by atoms with Gasteiger partial charge in [-0.05, 0) is 12.3 Å². The Hall–Kier alpha value is -2.11. The van der Waals surface area contributed by atoms with Crippen molar-refractivity contribution < 1.29 is 24.3 Å². The number of carbonyl (C=O) groups is 2. The molecule has 0 bridgehead atoms. The number of hydrogen-bond donors (Lipinski definition) is 1. The molecule has 0 fully saturated rings. The Kier molecular flexibility index (Phi) is 5.29. The fourth-order valence-electron chi connectivity index (χ4n) is 2.43. The number of oxime groups is 1. The average Bonchev–Trinajstić information content (AvgIpc) is 2.36. The highest BCUT2D eigenvalue weighted by Gasteiger charge is 2.47. The summed E-state index contributed by atoms with van der Waals surface area (Å²) < 4.78 is 4.73. The summed E-state index contributed by atoms with van der Waals surface area (Å²) in [6, 6.07) is 0. The highest BCUT2D eigenvalue weighted by molar-refractivity contribution is 6.22. The van der Waals surface area contributed by atoms with E-state index < -0.39 is 17.3 Å². The molecule has 0 saturated heterocycles. The standard InChI is InChI=1S/C15H21NO5/c1-6-7-21-16-9(2)11-10(17)8-15(3,4)12(13(11)18)14(19)20-5/h6,12,18H,1,7-8H2,2-5H3/b16-9+. The third-order valence-corrected chi connectivity index (χ3v) is 3.40. The van der Waals surface area contributed by atoms with Crippen LogP contribution in [0.25, 0.3) is 0 Å². The number of aliphatic hydroxyl groups excluding tert-OH is 1. The van der Waals surface area contributed by atoms with Crippen LogP contribution >= 0.6 is 0 Å². The van der Waals surface area contributed by atoms with Gasteiger partial charge in [-0.25, -0.2) is 0 Å². The van der Waals surface area contributed by atoms with E-state index in [-0.39, 0.29) is 35.9 Å². The molecule has 0 aromatic heterocycles. The third-order valence-electron chi connectivity index (χ3n) is 3.40. The zero-order valence-corrected chi connectivity index (χ0v) is 12.8. The van der Waals surface area contributed by atoms with E-state index in [4.69, 9.17) is 9.57 Å². The molecule has 1 rings (SSSR count). The lowest BCUT2D eigenvalue weighted by molar-refractivity contribution is -0.150. The smallest absolute Gasteiger partial charge is 0.316 e. The molecule has 0 amide bonds. The largest absolute Gasteiger partial charge is 0.511 e. The van der Waals surface area contributed by atoms with Crippen molar-refractivity contribution in [2.45, 2.75) is 27.2 Å². The summed E-state index contributed by atoms with van der Waals surface area (Å²) in [6.45, 7) is 8.68. The fourth-order valence-corrected chi connectivity index (χ4v) is 2.43. The first-order valence-electron chi connectivity index (χ1n) is 6.58. The van der Waals surface area contributed by atoms with Crippen LogP contribution in [0.15, 0.2) is 29.1 Å². The molecule has 6 heteroatoms. The molecular weight excluding hydrogens is 274 g/mol. The number of methoxy groups -OCH3 is 1. The minimum absolute atomic E-state index is 0.0220. The first-order chi connectivity index (χ1) is 9.76. The Morgan fingerprint density at radius 3 is 2.71 bits per heavy atom. The molecule has 0 aromatic carbocycles. The third kappa shape index (κ3) is 3.51. The second-order valence-corrected chi connectivity index (χ2v) is 5.57. The molecule has 0 radical (unpaired) electrons. The summed E-state index contributed by atoms with van der Waals surface area (Å²) in [5.41, 5.74) is -0.474. The molecule has 1 N–H and O–H groups in total. The predicted molar refractivity (Wildman–Crippen MR) is 77.8 cm³/mol. The number of carbonyl (C=O) groups excluding carboxylic acids is 2. The zero-order valence-electron chi connectivity index (χ0n) is 12.8. The predicted octanol–water partition coefficient (Wildman–Crippen LogP) is 2.17.